The molecule has 106 valence electrons. The van der Waals surface area contributed by atoms with Crippen molar-refractivity contribution in [3.63, 3.8) is 0 Å². The van der Waals surface area contributed by atoms with Gasteiger partial charge in [0.05, 0.1) is 0 Å². The van der Waals surface area contributed by atoms with E-state index in [-0.39, 0.29) is 0 Å². The van der Waals surface area contributed by atoms with E-state index in [1.165, 1.54) is 0 Å². The molecule has 0 saturated heterocycles. The zero-order valence-electron chi connectivity index (χ0n) is 12.8. The first kappa shape index (κ1) is 16.3. The van der Waals surface area contributed by atoms with Crippen molar-refractivity contribution < 1.29 is 8.91 Å². The van der Waals surface area contributed by atoms with Gasteiger partial charge in [-0.25, -0.2) is 0 Å². The molecule has 0 radical (unpaired) electrons. The third-order valence-electron chi connectivity index (χ3n) is 4.14. The fraction of sp³-hybridized carbons (Fsp3) is 0.533. The van der Waals surface area contributed by atoms with Crippen molar-refractivity contribution >= 4 is 28.1 Å². The summed E-state index contributed by atoms with van der Waals surface area (Å²) in [6.07, 6.45) is 0.959. The van der Waals surface area contributed by atoms with Crippen LogP contribution in [0.15, 0.2) is 24.3 Å². The van der Waals surface area contributed by atoms with Crippen LogP contribution < -0.4 is 5.19 Å². The first-order chi connectivity index (χ1) is 8.94. The number of benzene rings is 1. The van der Waals surface area contributed by atoms with Crippen molar-refractivity contribution in [3.8, 4) is 0 Å². The predicted molar refractivity (Wildman–Crippen MR) is 87.2 cm³/mol. The Bertz CT molecular complexity index is 418. The lowest BCUT2D eigenvalue weighted by Gasteiger charge is -2.38. The van der Waals surface area contributed by atoms with Gasteiger partial charge in [-0.15, -0.1) is 0 Å². The van der Waals surface area contributed by atoms with Crippen LogP contribution in [0, 0.1) is 0 Å². The van der Waals surface area contributed by atoms with Gasteiger partial charge in [0.25, 0.3) is 0 Å². The Morgan fingerprint density at radius 3 is 2.05 bits per heavy atom. The Morgan fingerprint density at radius 2 is 1.58 bits per heavy atom. The summed E-state index contributed by atoms with van der Waals surface area (Å²) in [4.78, 5) is 11.2. The van der Waals surface area contributed by atoms with Gasteiger partial charge in [0.2, 0.25) is 8.32 Å². The summed E-state index contributed by atoms with van der Waals surface area (Å²) in [6, 6.07) is 11.3. The topological polar surface area (TPSA) is 26.3 Å². The molecule has 0 unspecified atom stereocenters. The molecule has 0 aliphatic rings. The Labute approximate surface area is 119 Å². The largest absolute Gasteiger partial charge is 0.452 e. The Kier molecular flexibility index (Phi) is 5.70. The van der Waals surface area contributed by atoms with Gasteiger partial charge in [-0.3, -0.25) is 4.79 Å². The predicted octanol–water partition coefficient (Wildman–Crippen LogP) is 3.93. The second-order valence-electron chi connectivity index (χ2n) is 5.56. The molecular formula is C15H26O2Si2. The highest BCUT2D eigenvalue weighted by atomic mass is 28.4. The van der Waals surface area contributed by atoms with Gasteiger partial charge in [0, 0.05) is 5.56 Å². The maximum absolute atomic E-state index is 11.2. The third-order valence-corrected chi connectivity index (χ3v) is 13.5. The first-order valence-corrected chi connectivity index (χ1v) is 12.6. The molecule has 2 nitrogen and oxygen atoms in total. The summed E-state index contributed by atoms with van der Waals surface area (Å²) < 4.78 is 6.72. The highest BCUT2D eigenvalue weighted by Gasteiger charge is 2.38. The molecule has 1 aromatic carbocycles. The molecule has 1 aromatic rings. The summed E-state index contributed by atoms with van der Waals surface area (Å²) >= 11 is 0. The highest BCUT2D eigenvalue weighted by molar-refractivity contribution is 6.93. The molecule has 0 amide bonds. The number of aldehydes is 1. The van der Waals surface area contributed by atoms with E-state index in [1.807, 2.05) is 18.2 Å². The fourth-order valence-electron chi connectivity index (χ4n) is 2.71. The van der Waals surface area contributed by atoms with Crippen LogP contribution in [0.5, 0.6) is 0 Å². The molecule has 0 N–H and O–H groups in total. The maximum atomic E-state index is 11.2. The van der Waals surface area contributed by atoms with Crippen LogP contribution in [0.2, 0.25) is 31.2 Å². The van der Waals surface area contributed by atoms with E-state index in [4.69, 9.17) is 4.12 Å². The quantitative estimate of drug-likeness (QED) is 0.562. The number of hydrogen-bond donors (Lipinski definition) is 0. The molecule has 0 spiro atoms. The van der Waals surface area contributed by atoms with Crippen molar-refractivity contribution in [2.24, 2.45) is 0 Å². The van der Waals surface area contributed by atoms with E-state index >= 15 is 0 Å². The lowest BCUT2D eigenvalue weighted by atomic mass is 10.2. The van der Waals surface area contributed by atoms with Crippen LogP contribution in [0.4, 0.5) is 0 Å². The standard InChI is InChI=1S/C15H26O2Si2/c1-6-19(7-2,8-3)17-18(4,5)15-12-10-9-11-14(15)13-16/h9-13H,6-8H2,1-5H3. The average Bonchev–Trinajstić information content (AvgIpc) is 2.45. The highest BCUT2D eigenvalue weighted by Crippen LogP contribution is 2.26. The van der Waals surface area contributed by atoms with Gasteiger partial charge < -0.3 is 4.12 Å². The number of hydrogen-bond acceptors (Lipinski definition) is 2. The fourth-order valence-corrected chi connectivity index (χ4v) is 12.0. The first-order valence-electron chi connectivity index (χ1n) is 7.19. The lowest BCUT2D eigenvalue weighted by Crippen LogP contribution is -2.55. The van der Waals surface area contributed by atoms with E-state index < -0.39 is 16.6 Å². The van der Waals surface area contributed by atoms with Gasteiger partial charge in [-0.05, 0) is 36.4 Å². The minimum Gasteiger partial charge on any atom is -0.452 e. The minimum absolute atomic E-state index is 0.797. The monoisotopic (exact) mass is 294 g/mol. The Morgan fingerprint density at radius 1 is 1.05 bits per heavy atom. The van der Waals surface area contributed by atoms with E-state index in [0.717, 1.165) is 35.2 Å². The van der Waals surface area contributed by atoms with E-state index in [2.05, 4.69) is 39.9 Å². The number of carbonyl (C=O) groups excluding carboxylic acids is 1. The van der Waals surface area contributed by atoms with E-state index in [9.17, 15) is 4.79 Å². The second-order valence-corrected chi connectivity index (χ2v) is 14.4. The normalized spacial score (nSPS) is 12.5. The summed E-state index contributed by atoms with van der Waals surface area (Å²) in [7, 11) is -3.64. The van der Waals surface area contributed by atoms with Crippen molar-refractivity contribution in [1.82, 2.24) is 0 Å². The van der Waals surface area contributed by atoms with Crippen LogP contribution in [-0.4, -0.2) is 22.9 Å². The maximum Gasteiger partial charge on any atom is 0.206 e. The summed E-state index contributed by atoms with van der Waals surface area (Å²) in [6.45, 7) is 11.2. The molecule has 0 aliphatic heterocycles. The van der Waals surface area contributed by atoms with Crippen LogP contribution in [0.1, 0.15) is 31.1 Å². The molecule has 0 atom stereocenters. The molecule has 0 aliphatic carbocycles. The van der Waals surface area contributed by atoms with Crippen molar-refractivity contribution in [3.05, 3.63) is 29.8 Å². The summed E-state index contributed by atoms with van der Waals surface area (Å²) in [5, 5.41) is 1.14. The molecule has 4 heteroatoms. The summed E-state index contributed by atoms with van der Waals surface area (Å²) in [5.74, 6) is 0. The SMILES string of the molecule is CC[Si](CC)(CC)O[Si](C)(C)c1ccccc1C=O. The van der Waals surface area contributed by atoms with Gasteiger partial charge in [-0.1, -0.05) is 45.0 Å². The van der Waals surface area contributed by atoms with Crippen molar-refractivity contribution in [2.75, 3.05) is 0 Å². The number of rotatable bonds is 7. The smallest absolute Gasteiger partial charge is 0.206 e. The average molecular weight is 295 g/mol. The molecule has 0 aromatic heterocycles. The zero-order chi connectivity index (χ0) is 14.5. The molecule has 0 heterocycles. The summed E-state index contributed by atoms with van der Waals surface area (Å²) in [5.41, 5.74) is 0.797. The van der Waals surface area contributed by atoms with Crippen molar-refractivity contribution in [2.45, 2.75) is 52.0 Å². The Hall–Kier alpha value is -0.716. The van der Waals surface area contributed by atoms with Crippen LogP contribution in [0.25, 0.3) is 0 Å². The number of carbonyl (C=O) groups is 1. The molecule has 1 rings (SSSR count). The molecule has 0 fully saturated rings. The second kappa shape index (κ2) is 6.63. The molecule has 19 heavy (non-hydrogen) atoms. The zero-order valence-corrected chi connectivity index (χ0v) is 14.8. The van der Waals surface area contributed by atoms with Gasteiger partial charge in [0.1, 0.15) is 6.29 Å². The molecule has 0 bridgehead atoms. The van der Waals surface area contributed by atoms with E-state index in [0.29, 0.717) is 0 Å². The van der Waals surface area contributed by atoms with Crippen LogP contribution in [-0.2, 0) is 4.12 Å². The van der Waals surface area contributed by atoms with Crippen LogP contribution >= 0.6 is 0 Å². The molecular weight excluding hydrogens is 268 g/mol. The van der Waals surface area contributed by atoms with Gasteiger partial charge in [0.15, 0.2) is 8.32 Å². The lowest BCUT2D eigenvalue weighted by molar-refractivity contribution is 0.112. The third kappa shape index (κ3) is 3.64. The van der Waals surface area contributed by atoms with E-state index in [1.54, 1.807) is 0 Å². The van der Waals surface area contributed by atoms with Gasteiger partial charge in [-0.2, -0.15) is 0 Å². The Balaban J connectivity index is 3.13. The van der Waals surface area contributed by atoms with Gasteiger partial charge >= 0.3 is 0 Å². The van der Waals surface area contributed by atoms with Crippen molar-refractivity contribution in [1.29, 1.82) is 0 Å². The van der Waals surface area contributed by atoms with Crippen LogP contribution in [0.3, 0.4) is 0 Å². The minimum atomic E-state index is -2.01. The molecule has 0 saturated carbocycles.